The quantitative estimate of drug-likeness (QED) is 0.481. The molecule has 0 spiro atoms. The van der Waals surface area contributed by atoms with Gasteiger partial charge in [-0.3, -0.25) is 4.68 Å². The fraction of sp³-hybridized carbons (Fsp3) is 0.412. The first-order chi connectivity index (χ1) is 13.3. The summed E-state index contributed by atoms with van der Waals surface area (Å²) in [6.45, 7) is 0.655. The van der Waals surface area contributed by atoms with Crippen LogP contribution in [0.4, 0.5) is 0 Å². The van der Waals surface area contributed by atoms with Gasteiger partial charge in [0, 0.05) is 23.3 Å². The molecule has 148 valence electrons. The van der Waals surface area contributed by atoms with E-state index in [0.29, 0.717) is 12.5 Å². The Labute approximate surface area is 161 Å². The third kappa shape index (κ3) is 5.24. The van der Waals surface area contributed by atoms with E-state index < -0.39 is 7.82 Å². The van der Waals surface area contributed by atoms with Crippen LogP contribution in [0.25, 0.3) is 22.3 Å². The second kappa shape index (κ2) is 8.63. The van der Waals surface area contributed by atoms with Gasteiger partial charge < -0.3 is 19.7 Å². The van der Waals surface area contributed by atoms with E-state index in [2.05, 4.69) is 26.1 Å². The maximum Gasteiger partial charge on any atom is 0.466 e. The van der Waals surface area contributed by atoms with Crippen molar-refractivity contribution < 1.29 is 19.2 Å². The summed E-state index contributed by atoms with van der Waals surface area (Å²) in [4.78, 5) is 33.3. The van der Waals surface area contributed by atoms with Crippen molar-refractivity contribution in [3.8, 4) is 17.3 Å². The van der Waals surface area contributed by atoms with Crippen LogP contribution in [0.5, 0.6) is 0 Å². The highest BCUT2D eigenvalue weighted by Crippen LogP contribution is 2.32. The minimum Gasteiger partial charge on any atom is -0.346 e. The first-order valence-corrected chi connectivity index (χ1v) is 10.4. The normalized spacial score (nSPS) is 15.8. The van der Waals surface area contributed by atoms with Crippen molar-refractivity contribution in [2.75, 3.05) is 0 Å². The molecule has 0 bridgehead atoms. The molecule has 0 saturated heterocycles. The molecule has 1 unspecified atom stereocenters. The van der Waals surface area contributed by atoms with E-state index in [1.165, 1.54) is 25.7 Å². The average molecular weight is 404 g/mol. The van der Waals surface area contributed by atoms with Crippen LogP contribution in [0.3, 0.4) is 0 Å². The number of nitrogens with zero attached hydrogens (tertiary/aromatic N) is 5. The predicted octanol–water partition coefficient (Wildman–Crippen LogP) is 2.22. The summed E-state index contributed by atoms with van der Waals surface area (Å²) in [5.41, 5.74) is 2.65. The lowest BCUT2D eigenvalue weighted by molar-refractivity contribution is 0.275. The van der Waals surface area contributed by atoms with Crippen LogP contribution >= 0.6 is 7.82 Å². The highest BCUT2D eigenvalue weighted by molar-refractivity contribution is 7.45. The fourth-order valence-electron chi connectivity index (χ4n) is 3.54. The number of aromatic amines is 1. The van der Waals surface area contributed by atoms with Gasteiger partial charge in [0.2, 0.25) is 0 Å². The minimum absolute atomic E-state index is 0.0444. The Morgan fingerprint density at radius 1 is 1.32 bits per heavy atom. The van der Waals surface area contributed by atoms with E-state index in [1.54, 1.807) is 6.33 Å². The number of phosphoric acid groups is 1. The molecule has 0 aliphatic heterocycles. The minimum atomic E-state index is -4.64. The number of nitrogens with one attached hydrogen (secondary N) is 1. The Morgan fingerprint density at radius 3 is 2.71 bits per heavy atom. The molecular formula is C17H21N6O4P. The molecule has 1 aliphatic rings. The second-order valence-electron chi connectivity index (χ2n) is 6.71. The van der Waals surface area contributed by atoms with E-state index in [4.69, 9.17) is 19.2 Å². The molecule has 4 N–H and O–H groups in total. The van der Waals surface area contributed by atoms with E-state index >= 15 is 0 Å². The standard InChI is InChI=1S/C17H18N6.H3O4P/c18-7-13(12-3-1-2-4-12)9-23-10-14(8-22-23)16-15-5-6-19-17(15)21-11-20-16;1-5(2,3)4/h5-6,8,10-13H,1-4,9H2,(H,19,20,21);(H3,1,2,3,4). The summed E-state index contributed by atoms with van der Waals surface area (Å²) in [7, 11) is -4.64. The molecule has 3 aromatic rings. The molecule has 3 heterocycles. The molecule has 10 nitrogen and oxygen atoms in total. The smallest absolute Gasteiger partial charge is 0.346 e. The van der Waals surface area contributed by atoms with Gasteiger partial charge in [0.1, 0.15) is 12.0 Å². The number of aromatic nitrogens is 5. The number of rotatable bonds is 4. The molecular weight excluding hydrogens is 383 g/mol. The zero-order valence-corrected chi connectivity index (χ0v) is 15.9. The van der Waals surface area contributed by atoms with Crippen molar-refractivity contribution in [3.05, 3.63) is 31.0 Å². The van der Waals surface area contributed by atoms with E-state index in [1.807, 2.05) is 29.3 Å². The van der Waals surface area contributed by atoms with Crippen molar-refractivity contribution >= 4 is 18.9 Å². The van der Waals surface area contributed by atoms with Crippen LogP contribution < -0.4 is 0 Å². The second-order valence-corrected chi connectivity index (χ2v) is 7.73. The summed E-state index contributed by atoms with van der Waals surface area (Å²) in [5, 5.41) is 14.9. The zero-order chi connectivity index (χ0) is 20.1. The molecule has 1 aliphatic carbocycles. The first kappa shape index (κ1) is 20.2. The van der Waals surface area contributed by atoms with Crippen molar-refractivity contribution in [3.63, 3.8) is 0 Å². The number of nitriles is 1. The van der Waals surface area contributed by atoms with Crippen LogP contribution in [0, 0.1) is 23.2 Å². The number of H-pyrrole nitrogens is 1. The fourth-order valence-corrected chi connectivity index (χ4v) is 3.54. The SMILES string of the molecule is N#CC(Cn1cc(-c2ncnc3[nH]ccc23)cn1)C1CCCC1.O=P(O)(O)O. The summed E-state index contributed by atoms with van der Waals surface area (Å²) in [6, 6.07) is 4.45. The van der Waals surface area contributed by atoms with E-state index in [9.17, 15) is 5.26 Å². The third-order valence-electron chi connectivity index (χ3n) is 4.78. The Morgan fingerprint density at radius 2 is 2.04 bits per heavy atom. The van der Waals surface area contributed by atoms with Gasteiger partial charge in [-0.2, -0.15) is 10.4 Å². The molecule has 1 atom stereocenters. The largest absolute Gasteiger partial charge is 0.466 e. The molecule has 28 heavy (non-hydrogen) atoms. The molecule has 0 radical (unpaired) electrons. The lowest BCUT2D eigenvalue weighted by atomic mass is 9.92. The van der Waals surface area contributed by atoms with Gasteiger partial charge in [0.15, 0.2) is 0 Å². The van der Waals surface area contributed by atoms with E-state index in [-0.39, 0.29) is 5.92 Å². The van der Waals surface area contributed by atoms with Crippen LogP contribution in [0.1, 0.15) is 25.7 Å². The Kier molecular flexibility index (Phi) is 6.21. The van der Waals surface area contributed by atoms with Gasteiger partial charge in [0.25, 0.3) is 0 Å². The van der Waals surface area contributed by atoms with Gasteiger partial charge >= 0.3 is 7.82 Å². The van der Waals surface area contributed by atoms with Gasteiger partial charge in [-0.15, -0.1) is 0 Å². The van der Waals surface area contributed by atoms with Gasteiger partial charge in [-0.25, -0.2) is 14.5 Å². The maximum atomic E-state index is 9.47. The average Bonchev–Trinajstić information content (AvgIpc) is 3.38. The topological polar surface area (TPSA) is 161 Å². The van der Waals surface area contributed by atoms with Gasteiger partial charge in [0.05, 0.1) is 30.4 Å². The summed E-state index contributed by atoms with van der Waals surface area (Å²) >= 11 is 0. The molecule has 4 rings (SSSR count). The van der Waals surface area contributed by atoms with Crippen LogP contribution in [0.15, 0.2) is 31.0 Å². The van der Waals surface area contributed by atoms with Gasteiger partial charge in [-0.1, -0.05) is 12.8 Å². The molecule has 0 aromatic carbocycles. The summed E-state index contributed by atoms with van der Waals surface area (Å²) in [6.07, 6.45) is 12.1. The van der Waals surface area contributed by atoms with Crippen molar-refractivity contribution in [2.24, 2.45) is 11.8 Å². The highest BCUT2D eigenvalue weighted by atomic mass is 31.2. The van der Waals surface area contributed by atoms with E-state index in [0.717, 1.165) is 22.3 Å². The molecule has 0 amide bonds. The number of fused-ring (bicyclic) bond motifs is 1. The van der Waals surface area contributed by atoms with Crippen LogP contribution in [0.2, 0.25) is 0 Å². The zero-order valence-electron chi connectivity index (χ0n) is 15.0. The molecule has 1 fully saturated rings. The number of hydrogen-bond acceptors (Lipinski definition) is 5. The Balaban J connectivity index is 0.000000403. The summed E-state index contributed by atoms with van der Waals surface area (Å²) < 4.78 is 10.8. The van der Waals surface area contributed by atoms with Gasteiger partial charge in [-0.05, 0) is 24.8 Å². The first-order valence-electron chi connectivity index (χ1n) is 8.84. The predicted molar refractivity (Wildman–Crippen MR) is 100 cm³/mol. The lowest BCUT2D eigenvalue weighted by Gasteiger charge is -2.15. The summed E-state index contributed by atoms with van der Waals surface area (Å²) in [5.74, 6) is 0.561. The molecule has 3 aromatic heterocycles. The Bertz CT molecular complexity index is 1010. The molecule has 1 saturated carbocycles. The highest BCUT2D eigenvalue weighted by Gasteiger charge is 2.25. The van der Waals surface area contributed by atoms with Crippen molar-refractivity contribution in [1.29, 1.82) is 5.26 Å². The van der Waals surface area contributed by atoms with Crippen molar-refractivity contribution in [2.45, 2.75) is 32.2 Å². The Hall–Kier alpha value is -2.57. The van der Waals surface area contributed by atoms with Crippen LogP contribution in [-0.4, -0.2) is 39.4 Å². The lowest BCUT2D eigenvalue weighted by Crippen LogP contribution is -2.17. The monoisotopic (exact) mass is 404 g/mol. The molecule has 11 heteroatoms. The van der Waals surface area contributed by atoms with Crippen molar-refractivity contribution in [1.82, 2.24) is 24.7 Å². The van der Waals surface area contributed by atoms with Crippen LogP contribution in [-0.2, 0) is 11.1 Å². The third-order valence-corrected chi connectivity index (χ3v) is 4.78. The number of hydrogen-bond donors (Lipinski definition) is 4. The maximum absolute atomic E-state index is 9.47.